The summed E-state index contributed by atoms with van der Waals surface area (Å²) in [4.78, 5) is 24.2. The van der Waals surface area contributed by atoms with E-state index in [-0.39, 0.29) is 18.4 Å². The van der Waals surface area contributed by atoms with E-state index >= 15 is 0 Å². The van der Waals surface area contributed by atoms with Gasteiger partial charge in [0.1, 0.15) is 0 Å². The molecule has 2 rings (SSSR count). The number of aryl methyl sites for hydroxylation is 1. The molecule has 1 aromatic heterocycles. The molecule has 5 nitrogen and oxygen atoms in total. The van der Waals surface area contributed by atoms with E-state index in [1.54, 1.807) is 11.3 Å². The molecule has 0 aliphatic heterocycles. The summed E-state index contributed by atoms with van der Waals surface area (Å²) in [6.45, 7) is 0.000632. The van der Waals surface area contributed by atoms with E-state index in [9.17, 15) is 9.59 Å². The number of hydrogen-bond acceptors (Lipinski definition) is 4. The number of amides is 1. The molecule has 0 saturated heterocycles. The first-order valence-corrected chi connectivity index (χ1v) is 7.11. The van der Waals surface area contributed by atoms with E-state index in [1.165, 1.54) is 12.0 Å². The topological polar surface area (TPSA) is 75.6 Å². The fraction of sp³-hybridized carbons (Fsp3) is 0.538. The lowest BCUT2D eigenvalue weighted by Crippen LogP contribution is -2.40. The molecule has 1 aliphatic carbocycles. The molecule has 1 aliphatic rings. The van der Waals surface area contributed by atoms with Crippen LogP contribution in [0.5, 0.6) is 0 Å². The van der Waals surface area contributed by atoms with Crippen molar-refractivity contribution in [1.82, 2.24) is 5.32 Å². The SMILES string of the molecule is COC(CNC(=O)C1CCCc2sccc21)C(=O)O. The summed E-state index contributed by atoms with van der Waals surface area (Å²) in [5.41, 5.74) is 1.10. The molecular weight excluding hydrogens is 266 g/mol. The molecule has 2 unspecified atom stereocenters. The number of carboxylic acid groups (broad SMARTS) is 1. The Morgan fingerprint density at radius 1 is 1.63 bits per heavy atom. The number of carboxylic acids is 1. The largest absolute Gasteiger partial charge is 0.479 e. The minimum absolute atomic E-state index is 0.000632. The second kappa shape index (κ2) is 6.16. The number of fused-ring (bicyclic) bond motifs is 1. The van der Waals surface area contributed by atoms with Crippen molar-refractivity contribution in [3.05, 3.63) is 21.9 Å². The number of aliphatic carboxylic acids is 1. The molecule has 0 saturated carbocycles. The Labute approximate surface area is 115 Å². The van der Waals surface area contributed by atoms with Gasteiger partial charge in [0, 0.05) is 12.0 Å². The minimum atomic E-state index is -1.07. The van der Waals surface area contributed by atoms with Gasteiger partial charge in [0.25, 0.3) is 0 Å². The summed E-state index contributed by atoms with van der Waals surface area (Å²) in [6.07, 6.45) is 1.86. The summed E-state index contributed by atoms with van der Waals surface area (Å²) < 4.78 is 4.79. The van der Waals surface area contributed by atoms with Gasteiger partial charge in [-0.2, -0.15) is 0 Å². The Morgan fingerprint density at radius 3 is 3.11 bits per heavy atom. The highest BCUT2D eigenvalue weighted by Crippen LogP contribution is 2.34. The van der Waals surface area contributed by atoms with Crippen LogP contribution in [0.25, 0.3) is 0 Å². The van der Waals surface area contributed by atoms with Crippen molar-refractivity contribution in [2.75, 3.05) is 13.7 Å². The summed E-state index contributed by atoms with van der Waals surface area (Å²) in [6, 6.07) is 1.99. The van der Waals surface area contributed by atoms with Crippen LogP contribution >= 0.6 is 11.3 Å². The molecule has 0 spiro atoms. The highest BCUT2D eigenvalue weighted by Gasteiger charge is 2.28. The van der Waals surface area contributed by atoms with Gasteiger partial charge in [-0.1, -0.05) is 0 Å². The Morgan fingerprint density at radius 2 is 2.42 bits per heavy atom. The molecule has 0 aromatic carbocycles. The number of thiophene rings is 1. The molecule has 19 heavy (non-hydrogen) atoms. The van der Waals surface area contributed by atoms with Crippen LogP contribution in [-0.2, 0) is 20.7 Å². The zero-order valence-corrected chi connectivity index (χ0v) is 11.5. The van der Waals surface area contributed by atoms with Crippen LogP contribution < -0.4 is 5.32 Å². The predicted molar refractivity (Wildman–Crippen MR) is 71.4 cm³/mol. The number of hydrogen-bond donors (Lipinski definition) is 2. The molecule has 1 amide bonds. The van der Waals surface area contributed by atoms with Gasteiger partial charge in [-0.05, 0) is 36.3 Å². The third kappa shape index (κ3) is 3.13. The molecule has 0 fully saturated rings. The maximum atomic E-state index is 12.1. The Hall–Kier alpha value is -1.40. The van der Waals surface area contributed by atoms with Crippen molar-refractivity contribution in [2.24, 2.45) is 0 Å². The van der Waals surface area contributed by atoms with Crippen LogP contribution in [0.1, 0.15) is 29.2 Å². The van der Waals surface area contributed by atoms with E-state index in [0.717, 1.165) is 24.8 Å². The number of ether oxygens (including phenoxy) is 1. The van der Waals surface area contributed by atoms with E-state index in [2.05, 4.69) is 5.32 Å². The van der Waals surface area contributed by atoms with Crippen molar-refractivity contribution >= 4 is 23.2 Å². The van der Waals surface area contributed by atoms with Gasteiger partial charge in [0.15, 0.2) is 6.10 Å². The first kappa shape index (κ1) is 14.0. The van der Waals surface area contributed by atoms with E-state index in [4.69, 9.17) is 9.84 Å². The standard InChI is InChI=1S/C13H17NO4S/c1-18-10(13(16)17)7-14-12(15)9-3-2-4-11-8(9)5-6-19-11/h5-6,9-10H,2-4,7H2,1H3,(H,14,15)(H,16,17). The fourth-order valence-corrected chi connectivity index (χ4v) is 3.33. The first-order valence-electron chi connectivity index (χ1n) is 6.23. The third-order valence-corrected chi connectivity index (χ3v) is 4.39. The summed E-state index contributed by atoms with van der Waals surface area (Å²) in [5.74, 6) is -1.33. The van der Waals surface area contributed by atoms with Gasteiger partial charge in [-0.3, -0.25) is 4.79 Å². The van der Waals surface area contributed by atoms with E-state index < -0.39 is 12.1 Å². The Kier molecular flexibility index (Phi) is 4.55. The van der Waals surface area contributed by atoms with Crippen molar-refractivity contribution < 1.29 is 19.4 Å². The highest BCUT2D eigenvalue weighted by atomic mass is 32.1. The normalized spacial score (nSPS) is 19.5. The molecule has 2 atom stereocenters. The number of carbonyl (C=O) groups is 2. The second-order valence-electron chi connectivity index (χ2n) is 4.55. The number of carbonyl (C=O) groups excluding carboxylic acids is 1. The van der Waals surface area contributed by atoms with Gasteiger partial charge in [0.2, 0.25) is 5.91 Å². The van der Waals surface area contributed by atoms with Crippen LogP contribution in [-0.4, -0.2) is 36.7 Å². The monoisotopic (exact) mass is 283 g/mol. The molecule has 2 N–H and O–H groups in total. The lowest BCUT2D eigenvalue weighted by Gasteiger charge is -2.22. The maximum Gasteiger partial charge on any atom is 0.334 e. The lowest BCUT2D eigenvalue weighted by atomic mass is 9.87. The van der Waals surface area contributed by atoms with Gasteiger partial charge < -0.3 is 15.2 Å². The molecule has 104 valence electrons. The fourth-order valence-electron chi connectivity index (χ4n) is 2.35. The second-order valence-corrected chi connectivity index (χ2v) is 5.55. The van der Waals surface area contributed by atoms with Crippen LogP contribution in [0.3, 0.4) is 0 Å². The minimum Gasteiger partial charge on any atom is -0.479 e. The Bertz CT molecular complexity index is 471. The lowest BCUT2D eigenvalue weighted by molar-refractivity contribution is -0.148. The highest BCUT2D eigenvalue weighted by molar-refractivity contribution is 7.10. The molecule has 1 heterocycles. The van der Waals surface area contributed by atoms with Crippen LogP contribution in [0.4, 0.5) is 0 Å². The number of nitrogens with one attached hydrogen (secondary N) is 1. The van der Waals surface area contributed by atoms with E-state index in [0.29, 0.717) is 0 Å². The Balaban J connectivity index is 1.97. The van der Waals surface area contributed by atoms with Crippen molar-refractivity contribution in [3.63, 3.8) is 0 Å². The summed E-state index contributed by atoms with van der Waals surface area (Å²) in [5, 5.41) is 13.5. The van der Waals surface area contributed by atoms with Gasteiger partial charge in [0.05, 0.1) is 12.5 Å². The van der Waals surface area contributed by atoms with Crippen LogP contribution in [0.2, 0.25) is 0 Å². The average molecular weight is 283 g/mol. The number of methoxy groups -OCH3 is 1. The molecule has 0 bridgehead atoms. The average Bonchev–Trinajstić information content (AvgIpc) is 2.86. The van der Waals surface area contributed by atoms with Crippen molar-refractivity contribution in [3.8, 4) is 0 Å². The molecule has 0 radical (unpaired) electrons. The molecule has 1 aromatic rings. The maximum absolute atomic E-state index is 12.1. The summed E-state index contributed by atoms with van der Waals surface area (Å²) in [7, 11) is 1.32. The zero-order valence-electron chi connectivity index (χ0n) is 10.7. The van der Waals surface area contributed by atoms with Crippen molar-refractivity contribution in [2.45, 2.75) is 31.3 Å². The van der Waals surface area contributed by atoms with Gasteiger partial charge >= 0.3 is 5.97 Å². The first-order chi connectivity index (χ1) is 9.13. The summed E-state index contributed by atoms with van der Waals surface area (Å²) >= 11 is 1.68. The third-order valence-electron chi connectivity index (χ3n) is 3.39. The van der Waals surface area contributed by atoms with Crippen LogP contribution in [0.15, 0.2) is 11.4 Å². The van der Waals surface area contributed by atoms with Crippen molar-refractivity contribution in [1.29, 1.82) is 0 Å². The van der Waals surface area contributed by atoms with E-state index in [1.807, 2.05) is 11.4 Å². The van der Waals surface area contributed by atoms with Gasteiger partial charge in [-0.25, -0.2) is 4.79 Å². The zero-order chi connectivity index (χ0) is 13.8. The predicted octanol–water partition coefficient (Wildman–Crippen LogP) is 1.38. The quantitative estimate of drug-likeness (QED) is 0.856. The van der Waals surface area contributed by atoms with Gasteiger partial charge in [-0.15, -0.1) is 11.3 Å². The smallest absolute Gasteiger partial charge is 0.334 e. The molecular formula is C13H17NO4S. The van der Waals surface area contributed by atoms with Crippen LogP contribution in [0, 0.1) is 0 Å². The molecule has 6 heteroatoms. The number of rotatable bonds is 5.